The van der Waals surface area contributed by atoms with Gasteiger partial charge >= 0.3 is 0 Å². The Balaban J connectivity index is 2.29. The van der Waals surface area contributed by atoms with Crippen LogP contribution in [0.25, 0.3) is 0 Å². The van der Waals surface area contributed by atoms with Gasteiger partial charge in [-0.05, 0) is 17.7 Å². The molecule has 6 nitrogen and oxygen atoms in total. The SMILES string of the molecule is O=C1NN(c2ccc(CO)cc2)C(=O)/C1=C\O. The van der Waals surface area contributed by atoms with Crippen molar-refractivity contribution in [2.24, 2.45) is 0 Å². The number of amides is 2. The zero-order valence-electron chi connectivity index (χ0n) is 8.75. The number of hydrogen-bond donors (Lipinski definition) is 3. The molecule has 1 fully saturated rings. The molecule has 1 aromatic rings. The molecule has 0 bridgehead atoms. The van der Waals surface area contributed by atoms with Crippen LogP contribution < -0.4 is 10.4 Å². The van der Waals surface area contributed by atoms with E-state index in [-0.39, 0.29) is 12.2 Å². The van der Waals surface area contributed by atoms with Gasteiger partial charge in [0.2, 0.25) is 0 Å². The molecule has 0 spiro atoms. The predicted molar refractivity (Wildman–Crippen MR) is 58.7 cm³/mol. The van der Waals surface area contributed by atoms with E-state index in [4.69, 9.17) is 10.2 Å². The quantitative estimate of drug-likeness (QED) is 0.381. The molecule has 1 saturated heterocycles. The largest absolute Gasteiger partial charge is 0.515 e. The number of aliphatic hydroxyl groups excluding tert-OH is 2. The number of rotatable bonds is 2. The molecular formula is C11H10N2O4. The van der Waals surface area contributed by atoms with Gasteiger partial charge < -0.3 is 10.2 Å². The van der Waals surface area contributed by atoms with Crippen molar-refractivity contribution in [1.82, 2.24) is 5.43 Å². The molecule has 0 radical (unpaired) electrons. The minimum atomic E-state index is -0.649. The summed E-state index contributed by atoms with van der Waals surface area (Å²) in [6, 6.07) is 6.44. The third-order valence-corrected chi connectivity index (χ3v) is 2.40. The summed E-state index contributed by atoms with van der Waals surface area (Å²) in [7, 11) is 0. The summed E-state index contributed by atoms with van der Waals surface area (Å²) in [4.78, 5) is 22.9. The second kappa shape index (κ2) is 4.26. The van der Waals surface area contributed by atoms with Gasteiger partial charge in [0, 0.05) is 0 Å². The van der Waals surface area contributed by atoms with E-state index >= 15 is 0 Å². The van der Waals surface area contributed by atoms with E-state index in [9.17, 15) is 9.59 Å². The van der Waals surface area contributed by atoms with Crippen LogP contribution in [-0.2, 0) is 16.2 Å². The van der Waals surface area contributed by atoms with Crippen LogP contribution in [0.3, 0.4) is 0 Å². The number of nitrogens with one attached hydrogen (secondary N) is 1. The monoisotopic (exact) mass is 234 g/mol. The van der Waals surface area contributed by atoms with Crippen LogP contribution in [0.4, 0.5) is 5.69 Å². The molecule has 0 aromatic heterocycles. The van der Waals surface area contributed by atoms with E-state index in [0.717, 1.165) is 5.01 Å². The second-order valence-corrected chi connectivity index (χ2v) is 3.45. The Labute approximate surface area is 96.8 Å². The summed E-state index contributed by atoms with van der Waals surface area (Å²) in [5.41, 5.74) is 3.16. The Morgan fingerprint density at radius 3 is 2.35 bits per heavy atom. The lowest BCUT2D eigenvalue weighted by molar-refractivity contribution is -0.117. The third-order valence-electron chi connectivity index (χ3n) is 2.40. The molecule has 0 unspecified atom stereocenters. The molecule has 0 atom stereocenters. The lowest BCUT2D eigenvalue weighted by atomic mass is 10.2. The maximum atomic E-state index is 11.7. The third kappa shape index (κ3) is 1.85. The number of aliphatic hydroxyl groups is 2. The number of anilines is 1. The van der Waals surface area contributed by atoms with Crippen molar-refractivity contribution in [3.8, 4) is 0 Å². The van der Waals surface area contributed by atoms with E-state index in [1.165, 1.54) is 0 Å². The highest BCUT2D eigenvalue weighted by Gasteiger charge is 2.34. The van der Waals surface area contributed by atoms with Crippen molar-refractivity contribution in [2.45, 2.75) is 6.61 Å². The van der Waals surface area contributed by atoms with Crippen molar-refractivity contribution in [3.05, 3.63) is 41.7 Å². The molecule has 88 valence electrons. The van der Waals surface area contributed by atoms with Gasteiger partial charge in [-0.3, -0.25) is 15.0 Å². The summed E-state index contributed by atoms with van der Waals surface area (Å²) in [5.74, 6) is -1.27. The van der Waals surface area contributed by atoms with E-state index in [0.29, 0.717) is 17.5 Å². The molecule has 0 aliphatic carbocycles. The number of carbonyl (C=O) groups is 2. The fraction of sp³-hybridized carbons (Fsp3) is 0.0909. The summed E-state index contributed by atoms with van der Waals surface area (Å²) < 4.78 is 0. The van der Waals surface area contributed by atoms with Crippen molar-refractivity contribution in [2.75, 3.05) is 5.01 Å². The molecule has 1 aromatic carbocycles. The minimum absolute atomic E-state index is 0.0949. The summed E-state index contributed by atoms with van der Waals surface area (Å²) >= 11 is 0. The summed E-state index contributed by atoms with van der Waals surface area (Å²) in [5, 5.41) is 18.7. The molecule has 0 saturated carbocycles. The number of benzene rings is 1. The van der Waals surface area contributed by atoms with Crippen molar-refractivity contribution in [1.29, 1.82) is 0 Å². The van der Waals surface area contributed by atoms with Crippen LogP contribution in [-0.4, -0.2) is 22.0 Å². The first-order valence-corrected chi connectivity index (χ1v) is 4.87. The molecule has 2 rings (SSSR count). The Morgan fingerprint density at radius 1 is 1.24 bits per heavy atom. The molecule has 2 amide bonds. The van der Waals surface area contributed by atoms with Gasteiger partial charge in [-0.1, -0.05) is 12.1 Å². The lowest BCUT2D eigenvalue weighted by Gasteiger charge is -2.14. The summed E-state index contributed by atoms with van der Waals surface area (Å²) in [6.07, 6.45) is 0.486. The predicted octanol–water partition coefficient (Wildman–Crippen LogP) is -0.00140. The second-order valence-electron chi connectivity index (χ2n) is 3.45. The number of nitrogens with zero attached hydrogens (tertiary/aromatic N) is 1. The Bertz CT molecular complexity index is 493. The highest BCUT2D eigenvalue weighted by molar-refractivity contribution is 6.29. The minimum Gasteiger partial charge on any atom is -0.515 e. The van der Waals surface area contributed by atoms with E-state index in [2.05, 4.69) is 5.43 Å². The highest BCUT2D eigenvalue weighted by Crippen LogP contribution is 2.19. The van der Waals surface area contributed by atoms with E-state index in [1.54, 1.807) is 24.3 Å². The van der Waals surface area contributed by atoms with Gasteiger partial charge in [-0.25, -0.2) is 5.01 Å². The van der Waals surface area contributed by atoms with Gasteiger partial charge in [0.05, 0.1) is 18.6 Å². The molecule has 1 aliphatic rings. The first kappa shape index (κ1) is 11.2. The maximum Gasteiger partial charge on any atom is 0.285 e. The van der Waals surface area contributed by atoms with Crippen molar-refractivity contribution >= 4 is 17.5 Å². The topological polar surface area (TPSA) is 89.9 Å². The molecule has 1 aliphatic heterocycles. The van der Waals surface area contributed by atoms with Gasteiger partial charge in [-0.15, -0.1) is 0 Å². The van der Waals surface area contributed by atoms with Gasteiger partial charge in [0.15, 0.2) is 0 Å². The first-order chi connectivity index (χ1) is 8.17. The maximum absolute atomic E-state index is 11.7. The molecule has 17 heavy (non-hydrogen) atoms. The van der Waals surface area contributed by atoms with Crippen LogP contribution in [0.1, 0.15) is 5.56 Å². The van der Waals surface area contributed by atoms with Crippen molar-refractivity contribution in [3.63, 3.8) is 0 Å². The van der Waals surface area contributed by atoms with Crippen LogP contribution in [0.2, 0.25) is 0 Å². The Morgan fingerprint density at radius 2 is 1.88 bits per heavy atom. The first-order valence-electron chi connectivity index (χ1n) is 4.87. The van der Waals surface area contributed by atoms with Gasteiger partial charge in [-0.2, -0.15) is 0 Å². The Hall–Kier alpha value is -2.34. The Kier molecular flexibility index (Phi) is 2.80. The van der Waals surface area contributed by atoms with Gasteiger partial charge in [0.1, 0.15) is 5.57 Å². The number of hydrogen-bond acceptors (Lipinski definition) is 4. The molecular weight excluding hydrogens is 224 g/mol. The average molecular weight is 234 g/mol. The van der Waals surface area contributed by atoms with Crippen LogP contribution in [0.15, 0.2) is 36.1 Å². The van der Waals surface area contributed by atoms with Crippen LogP contribution in [0, 0.1) is 0 Å². The van der Waals surface area contributed by atoms with Crippen LogP contribution in [0.5, 0.6) is 0 Å². The molecule has 1 heterocycles. The van der Waals surface area contributed by atoms with Crippen LogP contribution >= 0.6 is 0 Å². The molecule has 3 N–H and O–H groups in total. The summed E-state index contributed by atoms with van der Waals surface area (Å²) in [6.45, 7) is -0.0949. The van der Waals surface area contributed by atoms with E-state index in [1.807, 2.05) is 0 Å². The average Bonchev–Trinajstić information content (AvgIpc) is 2.64. The standard InChI is InChI=1S/C11H10N2O4/c14-5-7-1-3-8(4-2-7)13-11(17)9(6-15)10(16)12-13/h1-4,6,14-15H,5H2,(H,12,16)/b9-6-. The van der Waals surface area contributed by atoms with E-state index < -0.39 is 11.8 Å². The lowest BCUT2D eigenvalue weighted by Crippen LogP contribution is -2.35. The van der Waals surface area contributed by atoms with Gasteiger partial charge in [0.25, 0.3) is 11.8 Å². The fourth-order valence-corrected chi connectivity index (χ4v) is 1.48. The number of carbonyl (C=O) groups excluding carboxylic acids is 2. The molecule has 6 heteroatoms. The zero-order valence-corrected chi connectivity index (χ0v) is 8.75. The normalized spacial score (nSPS) is 17.7. The number of hydrazine groups is 1. The van der Waals surface area contributed by atoms with Crippen molar-refractivity contribution < 1.29 is 19.8 Å². The highest BCUT2D eigenvalue weighted by atomic mass is 16.3. The fourth-order valence-electron chi connectivity index (χ4n) is 1.48. The smallest absolute Gasteiger partial charge is 0.285 e. The zero-order chi connectivity index (χ0) is 12.4.